The summed E-state index contributed by atoms with van der Waals surface area (Å²) < 4.78 is 0. The van der Waals surface area contributed by atoms with E-state index in [1.807, 2.05) is 0 Å². The summed E-state index contributed by atoms with van der Waals surface area (Å²) in [5.41, 5.74) is 1.28. The monoisotopic (exact) mass is 274 g/mol. The van der Waals surface area contributed by atoms with Crippen molar-refractivity contribution in [3.05, 3.63) is 29.3 Å². The van der Waals surface area contributed by atoms with Gasteiger partial charge < -0.3 is 15.3 Å². The van der Waals surface area contributed by atoms with Crippen LogP contribution < -0.4 is 0 Å². The van der Waals surface area contributed by atoms with Crippen molar-refractivity contribution >= 4 is 15.9 Å². The van der Waals surface area contributed by atoms with Gasteiger partial charge >= 0.3 is 0 Å². The second kappa shape index (κ2) is 5.49. The number of aromatic hydroxyl groups is 1. The molecule has 0 spiro atoms. The van der Waals surface area contributed by atoms with Crippen LogP contribution in [-0.4, -0.2) is 26.8 Å². The Kier molecular flexibility index (Phi) is 4.57. The lowest BCUT2D eigenvalue weighted by atomic mass is 10.0. The van der Waals surface area contributed by atoms with E-state index in [0.717, 1.165) is 5.56 Å². The maximum absolute atomic E-state index is 9.75. The predicted octanol–water partition coefficient (Wildman–Crippen LogP) is 1.88. The molecule has 0 heterocycles. The van der Waals surface area contributed by atoms with E-state index in [1.165, 1.54) is 6.07 Å². The summed E-state index contributed by atoms with van der Waals surface area (Å²) in [7, 11) is 0. The van der Waals surface area contributed by atoms with E-state index in [2.05, 4.69) is 15.9 Å². The highest BCUT2D eigenvalue weighted by atomic mass is 79.9. The highest BCUT2D eigenvalue weighted by molar-refractivity contribution is 9.09. The smallest absolute Gasteiger partial charge is 0.118 e. The Balaban J connectivity index is 2.81. The van der Waals surface area contributed by atoms with Gasteiger partial charge in [0.1, 0.15) is 11.9 Å². The van der Waals surface area contributed by atoms with Crippen LogP contribution in [0.1, 0.15) is 23.7 Å². The molecule has 1 rings (SSSR count). The molecule has 0 fully saturated rings. The molecule has 1 aromatic carbocycles. The van der Waals surface area contributed by atoms with Crippen molar-refractivity contribution in [3.63, 3.8) is 0 Å². The molecule has 0 saturated carbocycles. The van der Waals surface area contributed by atoms with Crippen LogP contribution in [0.25, 0.3) is 0 Å². The Hall–Kier alpha value is -0.580. The molecule has 2 unspecified atom stereocenters. The number of alkyl halides is 1. The minimum absolute atomic E-state index is 0.137. The third kappa shape index (κ3) is 3.19. The molecule has 4 heteroatoms. The molecule has 0 bridgehead atoms. The highest BCUT2D eigenvalue weighted by Crippen LogP contribution is 2.25. The Morgan fingerprint density at radius 3 is 2.53 bits per heavy atom. The van der Waals surface area contributed by atoms with Gasteiger partial charge in [-0.3, -0.25) is 0 Å². The Bertz CT molecular complexity index is 328. The third-order valence-electron chi connectivity index (χ3n) is 2.34. The van der Waals surface area contributed by atoms with Crippen LogP contribution in [0.5, 0.6) is 5.75 Å². The van der Waals surface area contributed by atoms with Gasteiger partial charge in [-0.25, -0.2) is 0 Å². The average molecular weight is 275 g/mol. The SMILES string of the molecule is Cc1ccc(C(O)C(O)CCBr)cc1O. The van der Waals surface area contributed by atoms with Crippen LogP contribution >= 0.6 is 15.9 Å². The summed E-state index contributed by atoms with van der Waals surface area (Å²) >= 11 is 3.20. The third-order valence-corrected chi connectivity index (χ3v) is 2.80. The van der Waals surface area contributed by atoms with Gasteiger partial charge in [0.25, 0.3) is 0 Å². The molecule has 0 saturated heterocycles. The van der Waals surface area contributed by atoms with Crippen LogP contribution in [0.15, 0.2) is 18.2 Å². The molecule has 15 heavy (non-hydrogen) atoms. The van der Waals surface area contributed by atoms with Gasteiger partial charge in [-0.2, -0.15) is 0 Å². The minimum Gasteiger partial charge on any atom is -0.508 e. The molecular weight excluding hydrogens is 260 g/mol. The van der Waals surface area contributed by atoms with E-state index in [1.54, 1.807) is 19.1 Å². The Morgan fingerprint density at radius 2 is 2.00 bits per heavy atom. The van der Waals surface area contributed by atoms with Crippen molar-refractivity contribution in [3.8, 4) is 5.75 Å². The van der Waals surface area contributed by atoms with Crippen molar-refractivity contribution < 1.29 is 15.3 Å². The zero-order valence-electron chi connectivity index (χ0n) is 8.52. The molecule has 0 amide bonds. The van der Waals surface area contributed by atoms with E-state index in [4.69, 9.17) is 0 Å². The van der Waals surface area contributed by atoms with Crippen LogP contribution in [0.2, 0.25) is 0 Å². The van der Waals surface area contributed by atoms with Gasteiger partial charge in [0.2, 0.25) is 0 Å². The second-order valence-electron chi connectivity index (χ2n) is 3.54. The average Bonchev–Trinajstić information content (AvgIpc) is 2.21. The molecule has 0 aliphatic rings. The summed E-state index contributed by atoms with van der Waals surface area (Å²) in [6, 6.07) is 4.91. The number of halogens is 1. The van der Waals surface area contributed by atoms with Gasteiger partial charge in [-0.15, -0.1) is 0 Å². The molecule has 0 radical (unpaired) electrons. The summed E-state index contributed by atoms with van der Waals surface area (Å²) in [5, 5.41) is 29.4. The zero-order chi connectivity index (χ0) is 11.4. The topological polar surface area (TPSA) is 60.7 Å². The highest BCUT2D eigenvalue weighted by Gasteiger charge is 2.18. The Morgan fingerprint density at radius 1 is 1.33 bits per heavy atom. The number of aliphatic hydroxyl groups excluding tert-OH is 2. The zero-order valence-corrected chi connectivity index (χ0v) is 10.1. The first kappa shape index (κ1) is 12.5. The van der Waals surface area contributed by atoms with E-state index in [9.17, 15) is 15.3 Å². The number of aryl methyl sites for hydroxylation is 1. The molecule has 2 atom stereocenters. The fourth-order valence-electron chi connectivity index (χ4n) is 1.30. The van der Waals surface area contributed by atoms with Crippen LogP contribution in [0.4, 0.5) is 0 Å². The quantitative estimate of drug-likeness (QED) is 0.735. The lowest BCUT2D eigenvalue weighted by Crippen LogP contribution is -2.18. The lowest BCUT2D eigenvalue weighted by molar-refractivity contribution is 0.0172. The maximum Gasteiger partial charge on any atom is 0.118 e. The number of phenols is 1. The van der Waals surface area contributed by atoms with Gasteiger partial charge in [0.05, 0.1) is 6.10 Å². The summed E-state index contributed by atoms with van der Waals surface area (Å²) in [6.07, 6.45) is -1.30. The first-order valence-electron chi connectivity index (χ1n) is 4.78. The number of rotatable bonds is 4. The van der Waals surface area contributed by atoms with Crippen LogP contribution in [-0.2, 0) is 0 Å². The number of phenolic OH excluding ortho intramolecular Hbond substituents is 1. The standard InChI is InChI=1S/C11H15BrO3/c1-7-2-3-8(6-10(7)14)11(15)9(13)4-5-12/h2-3,6,9,11,13-15H,4-5H2,1H3. The maximum atomic E-state index is 9.75. The summed E-state index contributed by atoms with van der Waals surface area (Å²) in [5.74, 6) is 0.137. The predicted molar refractivity (Wildman–Crippen MR) is 62.2 cm³/mol. The second-order valence-corrected chi connectivity index (χ2v) is 4.33. The largest absolute Gasteiger partial charge is 0.508 e. The molecular formula is C11H15BrO3. The Labute approximate surface area is 97.5 Å². The first-order valence-corrected chi connectivity index (χ1v) is 5.90. The van der Waals surface area contributed by atoms with Gasteiger partial charge in [-0.05, 0) is 30.5 Å². The molecule has 0 aliphatic heterocycles. The molecule has 0 aromatic heterocycles. The number of hydrogen-bond acceptors (Lipinski definition) is 3. The number of benzene rings is 1. The van der Waals surface area contributed by atoms with E-state index >= 15 is 0 Å². The van der Waals surface area contributed by atoms with E-state index in [0.29, 0.717) is 17.3 Å². The van der Waals surface area contributed by atoms with Gasteiger partial charge in [-0.1, -0.05) is 28.1 Å². The lowest BCUT2D eigenvalue weighted by Gasteiger charge is -2.17. The van der Waals surface area contributed by atoms with Gasteiger partial charge in [0.15, 0.2) is 0 Å². The number of aliphatic hydroxyl groups is 2. The van der Waals surface area contributed by atoms with E-state index in [-0.39, 0.29) is 5.75 Å². The molecule has 0 aliphatic carbocycles. The molecule has 3 N–H and O–H groups in total. The fourth-order valence-corrected chi connectivity index (χ4v) is 1.77. The normalized spacial score (nSPS) is 14.9. The van der Waals surface area contributed by atoms with Crippen molar-refractivity contribution in [2.24, 2.45) is 0 Å². The number of hydrogen-bond donors (Lipinski definition) is 3. The van der Waals surface area contributed by atoms with Crippen LogP contribution in [0.3, 0.4) is 0 Å². The first-order chi connectivity index (χ1) is 7.06. The van der Waals surface area contributed by atoms with Crippen molar-refractivity contribution in [2.45, 2.75) is 25.6 Å². The molecule has 3 nitrogen and oxygen atoms in total. The van der Waals surface area contributed by atoms with Crippen molar-refractivity contribution in [1.29, 1.82) is 0 Å². The fraction of sp³-hybridized carbons (Fsp3) is 0.455. The van der Waals surface area contributed by atoms with E-state index < -0.39 is 12.2 Å². The minimum atomic E-state index is -0.950. The summed E-state index contributed by atoms with van der Waals surface area (Å²) in [4.78, 5) is 0. The van der Waals surface area contributed by atoms with Crippen LogP contribution in [0, 0.1) is 6.92 Å². The van der Waals surface area contributed by atoms with Gasteiger partial charge in [0, 0.05) is 5.33 Å². The van der Waals surface area contributed by atoms with Crippen molar-refractivity contribution in [2.75, 3.05) is 5.33 Å². The molecule has 1 aromatic rings. The van der Waals surface area contributed by atoms with Crippen molar-refractivity contribution in [1.82, 2.24) is 0 Å². The summed E-state index contributed by atoms with van der Waals surface area (Å²) in [6.45, 7) is 1.78. The molecule has 84 valence electrons.